The first kappa shape index (κ1) is 10.9. The zero-order valence-corrected chi connectivity index (χ0v) is 10.0. The Bertz CT molecular complexity index is 527. The standard InChI is InChI=1S/C10H9BrFN3O/c1-16-10-6(2-5(11)3-7(10)12)8-4-9(13)15-14-8/h2-4H,1H3,(H3,13,14,15). The number of nitrogens with one attached hydrogen (secondary N) is 1. The van der Waals surface area contributed by atoms with E-state index < -0.39 is 5.82 Å². The van der Waals surface area contributed by atoms with Crippen LogP contribution in [-0.2, 0) is 0 Å². The lowest BCUT2D eigenvalue weighted by Gasteiger charge is -2.08. The van der Waals surface area contributed by atoms with Gasteiger partial charge in [0, 0.05) is 16.1 Å². The minimum absolute atomic E-state index is 0.159. The van der Waals surface area contributed by atoms with Gasteiger partial charge in [-0.2, -0.15) is 5.10 Å². The third-order valence-corrected chi connectivity index (χ3v) is 2.56. The van der Waals surface area contributed by atoms with E-state index in [0.717, 1.165) is 0 Å². The Labute approximate surface area is 99.7 Å². The summed E-state index contributed by atoms with van der Waals surface area (Å²) >= 11 is 3.22. The number of hydrogen-bond donors (Lipinski definition) is 2. The second-order valence-electron chi connectivity index (χ2n) is 3.17. The van der Waals surface area contributed by atoms with E-state index >= 15 is 0 Å². The van der Waals surface area contributed by atoms with Gasteiger partial charge in [-0.3, -0.25) is 5.10 Å². The van der Waals surface area contributed by atoms with E-state index in [1.54, 1.807) is 12.1 Å². The van der Waals surface area contributed by atoms with E-state index in [2.05, 4.69) is 26.1 Å². The molecular weight excluding hydrogens is 277 g/mol. The molecule has 0 atom stereocenters. The molecule has 0 amide bonds. The van der Waals surface area contributed by atoms with Crippen molar-refractivity contribution in [3.05, 3.63) is 28.5 Å². The Kier molecular flexibility index (Phi) is 2.82. The molecule has 1 heterocycles. The number of nitrogens with zero attached hydrogens (tertiary/aromatic N) is 1. The predicted octanol–water partition coefficient (Wildman–Crippen LogP) is 2.57. The van der Waals surface area contributed by atoms with Crippen molar-refractivity contribution in [3.63, 3.8) is 0 Å². The van der Waals surface area contributed by atoms with Gasteiger partial charge in [0.15, 0.2) is 11.6 Å². The number of anilines is 1. The maximum absolute atomic E-state index is 13.6. The molecule has 0 saturated carbocycles. The molecule has 0 bridgehead atoms. The second-order valence-corrected chi connectivity index (χ2v) is 4.09. The summed E-state index contributed by atoms with van der Waals surface area (Å²) in [6.45, 7) is 0. The fraction of sp³-hybridized carbons (Fsp3) is 0.100. The molecule has 0 aliphatic carbocycles. The molecule has 3 N–H and O–H groups in total. The monoisotopic (exact) mass is 285 g/mol. The zero-order valence-electron chi connectivity index (χ0n) is 8.42. The number of benzene rings is 1. The van der Waals surface area contributed by atoms with Crippen molar-refractivity contribution in [1.82, 2.24) is 10.2 Å². The fourth-order valence-electron chi connectivity index (χ4n) is 1.44. The smallest absolute Gasteiger partial charge is 0.166 e. The van der Waals surface area contributed by atoms with E-state index in [4.69, 9.17) is 10.5 Å². The number of nitrogen functional groups attached to an aromatic ring is 1. The van der Waals surface area contributed by atoms with Crippen LogP contribution in [0.4, 0.5) is 10.2 Å². The summed E-state index contributed by atoms with van der Waals surface area (Å²) in [7, 11) is 1.41. The van der Waals surface area contributed by atoms with Crippen molar-refractivity contribution in [3.8, 4) is 17.0 Å². The first-order chi connectivity index (χ1) is 7.61. The summed E-state index contributed by atoms with van der Waals surface area (Å²) in [6.07, 6.45) is 0. The van der Waals surface area contributed by atoms with Gasteiger partial charge in [0.25, 0.3) is 0 Å². The van der Waals surface area contributed by atoms with Crippen LogP contribution in [0.3, 0.4) is 0 Å². The largest absolute Gasteiger partial charge is 0.493 e. The summed E-state index contributed by atoms with van der Waals surface area (Å²) in [5, 5.41) is 6.50. The molecule has 0 aliphatic rings. The van der Waals surface area contributed by atoms with Crippen molar-refractivity contribution in [1.29, 1.82) is 0 Å². The molecule has 0 saturated heterocycles. The zero-order chi connectivity index (χ0) is 11.7. The van der Waals surface area contributed by atoms with Gasteiger partial charge in [-0.15, -0.1) is 0 Å². The lowest BCUT2D eigenvalue weighted by molar-refractivity contribution is 0.388. The van der Waals surface area contributed by atoms with Crippen LogP contribution in [0.5, 0.6) is 5.75 Å². The minimum atomic E-state index is -0.444. The van der Waals surface area contributed by atoms with Crippen LogP contribution in [0.15, 0.2) is 22.7 Å². The predicted molar refractivity (Wildman–Crippen MR) is 62.6 cm³/mol. The molecule has 0 radical (unpaired) electrons. The van der Waals surface area contributed by atoms with Gasteiger partial charge in [-0.25, -0.2) is 4.39 Å². The maximum atomic E-state index is 13.6. The number of methoxy groups -OCH3 is 1. The van der Waals surface area contributed by atoms with Crippen LogP contribution in [0.2, 0.25) is 0 Å². The average Bonchev–Trinajstić information content (AvgIpc) is 2.63. The van der Waals surface area contributed by atoms with E-state index in [1.165, 1.54) is 13.2 Å². The molecule has 84 valence electrons. The van der Waals surface area contributed by atoms with Crippen LogP contribution in [-0.4, -0.2) is 17.3 Å². The van der Waals surface area contributed by atoms with Gasteiger partial charge in [0.2, 0.25) is 0 Å². The quantitative estimate of drug-likeness (QED) is 0.891. The minimum Gasteiger partial charge on any atom is -0.493 e. The number of H-pyrrole nitrogens is 1. The summed E-state index contributed by atoms with van der Waals surface area (Å²) < 4.78 is 19.2. The molecule has 4 nitrogen and oxygen atoms in total. The topological polar surface area (TPSA) is 63.9 Å². The van der Waals surface area contributed by atoms with Gasteiger partial charge in [0.05, 0.1) is 12.8 Å². The Balaban J connectivity index is 2.63. The highest BCUT2D eigenvalue weighted by molar-refractivity contribution is 9.10. The van der Waals surface area contributed by atoms with Gasteiger partial charge < -0.3 is 10.5 Å². The lowest BCUT2D eigenvalue weighted by atomic mass is 10.1. The van der Waals surface area contributed by atoms with Crippen LogP contribution in [0, 0.1) is 5.82 Å². The van der Waals surface area contributed by atoms with Crippen molar-refractivity contribution in [2.45, 2.75) is 0 Å². The highest BCUT2D eigenvalue weighted by atomic mass is 79.9. The lowest BCUT2D eigenvalue weighted by Crippen LogP contribution is -1.92. The van der Waals surface area contributed by atoms with Crippen LogP contribution in [0.1, 0.15) is 0 Å². The molecular formula is C10H9BrFN3O. The molecule has 0 unspecified atom stereocenters. The number of halogens is 2. The van der Waals surface area contributed by atoms with Crippen molar-refractivity contribution in [2.75, 3.05) is 12.8 Å². The number of rotatable bonds is 2. The third kappa shape index (κ3) is 1.88. The van der Waals surface area contributed by atoms with E-state index in [9.17, 15) is 4.39 Å². The summed E-state index contributed by atoms with van der Waals surface area (Å²) in [5.74, 6) is 0.0596. The number of ether oxygens (including phenoxy) is 1. The van der Waals surface area contributed by atoms with E-state index in [-0.39, 0.29) is 5.75 Å². The average molecular weight is 286 g/mol. The number of nitrogens with two attached hydrogens (primary N) is 1. The molecule has 1 aromatic carbocycles. The van der Waals surface area contributed by atoms with Crippen molar-refractivity contribution in [2.24, 2.45) is 0 Å². The van der Waals surface area contributed by atoms with Gasteiger partial charge in [0.1, 0.15) is 5.82 Å². The molecule has 2 aromatic rings. The number of aromatic nitrogens is 2. The Hall–Kier alpha value is -1.56. The summed E-state index contributed by atoms with van der Waals surface area (Å²) in [5.41, 5.74) is 6.67. The normalized spacial score (nSPS) is 10.4. The highest BCUT2D eigenvalue weighted by Gasteiger charge is 2.14. The SMILES string of the molecule is COc1c(F)cc(Br)cc1-c1cc(N)n[nH]1. The summed E-state index contributed by atoms with van der Waals surface area (Å²) in [4.78, 5) is 0. The molecule has 6 heteroatoms. The first-order valence-electron chi connectivity index (χ1n) is 4.46. The molecule has 0 spiro atoms. The molecule has 0 fully saturated rings. The Morgan fingerprint density at radius 2 is 2.19 bits per heavy atom. The molecule has 16 heavy (non-hydrogen) atoms. The van der Waals surface area contributed by atoms with Gasteiger partial charge in [-0.1, -0.05) is 15.9 Å². The Morgan fingerprint density at radius 1 is 1.44 bits per heavy atom. The third-order valence-electron chi connectivity index (χ3n) is 2.10. The highest BCUT2D eigenvalue weighted by Crippen LogP contribution is 2.34. The van der Waals surface area contributed by atoms with E-state index in [0.29, 0.717) is 21.5 Å². The molecule has 1 aromatic heterocycles. The van der Waals surface area contributed by atoms with Crippen LogP contribution < -0.4 is 10.5 Å². The number of hydrogen-bond acceptors (Lipinski definition) is 3. The Morgan fingerprint density at radius 3 is 2.75 bits per heavy atom. The van der Waals surface area contributed by atoms with Gasteiger partial charge >= 0.3 is 0 Å². The maximum Gasteiger partial charge on any atom is 0.166 e. The first-order valence-corrected chi connectivity index (χ1v) is 5.25. The van der Waals surface area contributed by atoms with Crippen LogP contribution in [0.25, 0.3) is 11.3 Å². The fourth-order valence-corrected chi connectivity index (χ4v) is 1.87. The number of aromatic amines is 1. The van der Waals surface area contributed by atoms with E-state index in [1.807, 2.05) is 0 Å². The molecule has 0 aliphatic heterocycles. The van der Waals surface area contributed by atoms with Crippen molar-refractivity contribution >= 4 is 21.7 Å². The summed E-state index contributed by atoms with van der Waals surface area (Å²) in [6, 6.07) is 4.68. The van der Waals surface area contributed by atoms with Crippen LogP contribution >= 0.6 is 15.9 Å². The van der Waals surface area contributed by atoms with Crippen molar-refractivity contribution < 1.29 is 9.13 Å². The molecule has 2 rings (SSSR count). The van der Waals surface area contributed by atoms with Gasteiger partial charge in [-0.05, 0) is 12.1 Å². The second kappa shape index (κ2) is 4.13.